The van der Waals surface area contributed by atoms with Gasteiger partial charge in [0.15, 0.2) is 4.77 Å². The summed E-state index contributed by atoms with van der Waals surface area (Å²) in [5.74, 6) is 1.88. The van der Waals surface area contributed by atoms with Gasteiger partial charge in [0.05, 0.1) is 12.7 Å². The number of nitrogens with zero attached hydrogens (tertiary/aromatic N) is 5. The minimum absolute atomic E-state index is 0.254. The summed E-state index contributed by atoms with van der Waals surface area (Å²) in [6.45, 7) is 4.45. The number of likely N-dealkylation sites (tertiary alicyclic amines) is 1. The molecule has 0 unspecified atom stereocenters. The van der Waals surface area contributed by atoms with Crippen LogP contribution in [-0.4, -0.2) is 30.9 Å². The summed E-state index contributed by atoms with van der Waals surface area (Å²) in [6, 6.07) is 17.1. The molecule has 4 heterocycles. The Balaban J connectivity index is 1.40. The molecule has 0 bridgehead atoms. The fraction of sp³-hybridized carbons (Fsp3) is 0.375. The SMILES string of the molecule is Cc1cc([C@@H]2CCCN2Cn2nc(Cc3cccs3)n(CCc3ccccc3)c2=S)no1. The van der Waals surface area contributed by atoms with E-state index in [1.807, 2.05) is 17.7 Å². The highest BCUT2D eigenvalue weighted by molar-refractivity contribution is 7.71. The van der Waals surface area contributed by atoms with E-state index in [1.165, 1.54) is 10.4 Å². The van der Waals surface area contributed by atoms with Gasteiger partial charge in [0, 0.05) is 30.5 Å². The van der Waals surface area contributed by atoms with Gasteiger partial charge in [-0.3, -0.25) is 4.90 Å². The van der Waals surface area contributed by atoms with Crippen LogP contribution in [-0.2, 0) is 26.1 Å². The molecule has 32 heavy (non-hydrogen) atoms. The maximum absolute atomic E-state index is 5.92. The molecule has 1 saturated heterocycles. The van der Waals surface area contributed by atoms with Gasteiger partial charge in [-0.1, -0.05) is 41.6 Å². The fourth-order valence-corrected chi connectivity index (χ4v) is 5.43. The molecule has 5 rings (SSSR count). The van der Waals surface area contributed by atoms with Crippen molar-refractivity contribution in [2.24, 2.45) is 0 Å². The lowest BCUT2D eigenvalue weighted by atomic mass is 10.1. The fourth-order valence-electron chi connectivity index (χ4n) is 4.43. The second-order valence-corrected chi connectivity index (χ2v) is 9.71. The lowest BCUT2D eigenvalue weighted by Gasteiger charge is -2.22. The van der Waals surface area contributed by atoms with E-state index in [2.05, 4.69) is 62.5 Å². The van der Waals surface area contributed by atoms with Crippen molar-refractivity contribution in [1.29, 1.82) is 0 Å². The molecule has 0 N–H and O–H groups in total. The van der Waals surface area contributed by atoms with Gasteiger partial charge in [0.2, 0.25) is 0 Å². The van der Waals surface area contributed by atoms with Gasteiger partial charge >= 0.3 is 0 Å². The van der Waals surface area contributed by atoms with Gasteiger partial charge in [-0.05, 0) is 55.4 Å². The first-order valence-corrected chi connectivity index (χ1v) is 12.4. The number of aryl methyl sites for hydroxylation is 2. The van der Waals surface area contributed by atoms with E-state index in [4.69, 9.17) is 21.8 Å². The summed E-state index contributed by atoms with van der Waals surface area (Å²) in [5.41, 5.74) is 2.32. The predicted octanol–water partition coefficient (Wildman–Crippen LogP) is 5.40. The molecule has 0 saturated carbocycles. The van der Waals surface area contributed by atoms with Gasteiger partial charge in [-0.25, -0.2) is 4.68 Å². The second kappa shape index (κ2) is 9.52. The third-order valence-electron chi connectivity index (χ3n) is 6.05. The summed E-state index contributed by atoms with van der Waals surface area (Å²) in [4.78, 5) is 3.71. The van der Waals surface area contributed by atoms with Crippen LogP contribution in [0.5, 0.6) is 0 Å². The minimum Gasteiger partial charge on any atom is -0.361 e. The summed E-state index contributed by atoms with van der Waals surface area (Å²) < 4.78 is 10.3. The van der Waals surface area contributed by atoms with E-state index < -0.39 is 0 Å². The monoisotopic (exact) mass is 465 g/mol. The topological polar surface area (TPSA) is 52.0 Å². The molecule has 3 aromatic heterocycles. The van der Waals surface area contributed by atoms with Crippen LogP contribution in [0.4, 0.5) is 0 Å². The molecule has 1 aromatic carbocycles. The molecule has 1 fully saturated rings. The molecule has 0 radical (unpaired) electrons. The van der Waals surface area contributed by atoms with Crippen molar-refractivity contribution in [2.45, 2.75) is 51.9 Å². The number of aromatic nitrogens is 4. The average molecular weight is 466 g/mol. The van der Waals surface area contributed by atoms with E-state index >= 15 is 0 Å². The maximum atomic E-state index is 5.92. The first kappa shape index (κ1) is 21.3. The lowest BCUT2D eigenvalue weighted by molar-refractivity contribution is 0.182. The third-order valence-corrected chi connectivity index (χ3v) is 7.35. The molecule has 8 heteroatoms. The molecular formula is C24H27N5OS2. The Kier molecular flexibility index (Phi) is 6.34. The van der Waals surface area contributed by atoms with Crippen LogP contribution < -0.4 is 0 Å². The molecule has 0 amide bonds. The Bertz CT molecular complexity index is 1210. The van der Waals surface area contributed by atoms with Crippen molar-refractivity contribution in [1.82, 2.24) is 24.4 Å². The second-order valence-electron chi connectivity index (χ2n) is 8.32. The molecular weight excluding hydrogens is 438 g/mol. The third kappa shape index (κ3) is 4.62. The van der Waals surface area contributed by atoms with E-state index in [-0.39, 0.29) is 6.04 Å². The van der Waals surface area contributed by atoms with Crippen LogP contribution in [0.2, 0.25) is 0 Å². The standard InChI is InChI=1S/C24H27N5OS2/c1-18-15-21(26-30-18)22-10-5-12-27(22)17-29-24(31)28(13-11-19-7-3-2-4-8-19)23(25-29)16-20-9-6-14-32-20/h2-4,6-9,14-15,22H,5,10-13,16-17H2,1H3/t22-/m0/s1. The maximum Gasteiger partial charge on any atom is 0.199 e. The van der Waals surface area contributed by atoms with Crippen molar-refractivity contribution in [3.05, 3.63) is 86.4 Å². The van der Waals surface area contributed by atoms with Gasteiger partial charge < -0.3 is 9.09 Å². The largest absolute Gasteiger partial charge is 0.361 e. The summed E-state index contributed by atoms with van der Waals surface area (Å²) in [6.07, 6.45) is 3.95. The smallest absolute Gasteiger partial charge is 0.199 e. The highest BCUT2D eigenvalue weighted by atomic mass is 32.1. The number of benzene rings is 1. The number of rotatable bonds is 8. The Hall–Kier alpha value is -2.55. The Morgan fingerprint density at radius 2 is 2.06 bits per heavy atom. The van der Waals surface area contributed by atoms with Crippen LogP contribution in [0.1, 0.15) is 46.6 Å². The summed E-state index contributed by atoms with van der Waals surface area (Å²) in [7, 11) is 0. The van der Waals surface area contributed by atoms with E-state index in [9.17, 15) is 0 Å². The van der Waals surface area contributed by atoms with Crippen LogP contribution in [0.15, 0.2) is 58.4 Å². The molecule has 166 valence electrons. The van der Waals surface area contributed by atoms with E-state index in [0.29, 0.717) is 6.67 Å². The van der Waals surface area contributed by atoms with Gasteiger partial charge in [-0.15, -0.1) is 11.3 Å². The van der Waals surface area contributed by atoms with Gasteiger partial charge in [0.1, 0.15) is 17.3 Å². The van der Waals surface area contributed by atoms with Crippen LogP contribution in [0.25, 0.3) is 0 Å². The summed E-state index contributed by atoms with van der Waals surface area (Å²) in [5, 5.41) is 11.4. The first-order valence-electron chi connectivity index (χ1n) is 11.1. The highest BCUT2D eigenvalue weighted by Gasteiger charge is 2.29. The van der Waals surface area contributed by atoms with Crippen molar-refractivity contribution in [2.75, 3.05) is 6.54 Å². The first-order chi connectivity index (χ1) is 15.7. The Labute approximate surface area is 197 Å². The van der Waals surface area contributed by atoms with Crippen LogP contribution in [0.3, 0.4) is 0 Å². The minimum atomic E-state index is 0.254. The Morgan fingerprint density at radius 1 is 1.19 bits per heavy atom. The highest BCUT2D eigenvalue weighted by Crippen LogP contribution is 2.32. The van der Waals surface area contributed by atoms with Crippen molar-refractivity contribution in [3.63, 3.8) is 0 Å². The molecule has 0 aliphatic carbocycles. The normalized spacial score (nSPS) is 16.7. The number of hydrogen-bond donors (Lipinski definition) is 0. The molecule has 1 atom stereocenters. The van der Waals surface area contributed by atoms with E-state index in [1.54, 1.807) is 11.3 Å². The zero-order chi connectivity index (χ0) is 21.9. The van der Waals surface area contributed by atoms with Crippen molar-refractivity contribution >= 4 is 23.6 Å². The average Bonchev–Trinajstić information content (AvgIpc) is 3.59. The van der Waals surface area contributed by atoms with Gasteiger partial charge in [-0.2, -0.15) is 5.10 Å². The van der Waals surface area contributed by atoms with Crippen molar-refractivity contribution < 1.29 is 4.52 Å². The molecule has 1 aliphatic heterocycles. The quantitative estimate of drug-likeness (QED) is 0.326. The molecule has 6 nitrogen and oxygen atoms in total. The van der Waals surface area contributed by atoms with Crippen molar-refractivity contribution in [3.8, 4) is 0 Å². The predicted molar refractivity (Wildman–Crippen MR) is 128 cm³/mol. The van der Waals surface area contributed by atoms with Crippen LogP contribution in [0, 0.1) is 11.7 Å². The van der Waals surface area contributed by atoms with Gasteiger partial charge in [0.25, 0.3) is 0 Å². The molecule has 1 aliphatic rings. The zero-order valence-electron chi connectivity index (χ0n) is 18.2. The molecule has 4 aromatic rings. The number of hydrogen-bond acceptors (Lipinski definition) is 6. The zero-order valence-corrected chi connectivity index (χ0v) is 19.8. The van der Waals surface area contributed by atoms with E-state index in [0.717, 1.165) is 60.8 Å². The lowest BCUT2D eigenvalue weighted by Crippen LogP contribution is -2.27. The number of thiophene rings is 1. The Morgan fingerprint density at radius 3 is 2.81 bits per heavy atom. The molecule has 0 spiro atoms. The summed E-state index contributed by atoms with van der Waals surface area (Å²) >= 11 is 7.69. The van der Waals surface area contributed by atoms with Crippen LogP contribution >= 0.6 is 23.6 Å².